The highest BCUT2D eigenvalue weighted by atomic mass is 127. The first-order chi connectivity index (χ1) is 22.6. The van der Waals surface area contributed by atoms with Gasteiger partial charge in [-0.3, -0.25) is 4.72 Å². The van der Waals surface area contributed by atoms with E-state index in [0.29, 0.717) is 11.4 Å². The Morgan fingerprint density at radius 2 is 1.08 bits per heavy atom. The summed E-state index contributed by atoms with van der Waals surface area (Å²) in [6.45, 7) is 4.15. The van der Waals surface area contributed by atoms with Crippen LogP contribution in [0.3, 0.4) is 0 Å². The third-order valence-corrected chi connectivity index (χ3v) is 9.94. The van der Waals surface area contributed by atoms with Crippen molar-refractivity contribution in [2.75, 3.05) is 42.5 Å². The number of aryl methyl sites for hydroxylation is 2. The Kier molecular flexibility index (Phi) is 20.6. The van der Waals surface area contributed by atoms with Gasteiger partial charge in [0.25, 0.3) is 0 Å². The number of halogens is 2. The summed E-state index contributed by atoms with van der Waals surface area (Å²) >= 11 is 6.39. The van der Waals surface area contributed by atoms with Gasteiger partial charge in [0, 0.05) is 35.3 Å². The number of ether oxygens (including phenoxy) is 2. The molecule has 0 saturated carbocycles. The maximum absolute atomic E-state index is 11.2. The molecule has 4 aromatic carbocycles. The quantitative estimate of drug-likeness (QED) is 0.128. The first kappa shape index (κ1) is 43.9. The molecule has 0 amide bonds. The van der Waals surface area contributed by atoms with Crippen LogP contribution in [0.4, 0.5) is 11.4 Å². The van der Waals surface area contributed by atoms with Crippen LogP contribution < -0.4 is 19.1 Å². The van der Waals surface area contributed by atoms with Gasteiger partial charge in [-0.25, -0.2) is 8.42 Å². The summed E-state index contributed by atoms with van der Waals surface area (Å²) in [5, 5.41) is 0. The van der Waals surface area contributed by atoms with E-state index in [0.717, 1.165) is 36.2 Å². The zero-order chi connectivity index (χ0) is 36.4. The lowest BCUT2D eigenvalue weighted by molar-refractivity contribution is 0.478. The fraction of sp³-hybridized carbons (Fsp3) is 0.226. The van der Waals surface area contributed by atoms with Crippen LogP contribution in [-0.2, 0) is 33.2 Å². The number of hydrogen-bond acceptors (Lipinski definition) is 11. The smallest absolute Gasteiger partial charge is 0.335 e. The standard InChI is InChI=1S/C16H18INOS.C15H16INO3S2.2O2S/c1-11-9-13(6-8-16(11)20-4)19-15-7-5-12(18(2)3)10-14(15)17;1-10-8-12(5-7-15(10)21-2)20-14-6-4-11(9-13(14)16)17-22(3,18)19;2*1-3-2/h5-10H,1-4H3;4-9,17H,1-3H3;;. The molecular weight excluding hydrogens is 942 g/mol. The maximum Gasteiger partial charge on any atom is 0.335 e. The Balaban J connectivity index is 0.000000414. The molecule has 0 aliphatic rings. The van der Waals surface area contributed by atoms with Crippen LogP contribution in [0.5, 0.6) is 23.0 Å². The van der Waals surface area contributed by atoms with Crippen molar-refractivity contribution in [3.63, 3.8) is 0 Å². The van der Waals surface area contributed by atoms with Crippen molar-refractivity contribution < 1.29 is 34.7 Å². The Labute approximate surface area is 325 Å². The van der Waals surface area contributed by atoms with Crippen LogP contribution in [0.25, 0.3) is 0 Å². The number of anilines is 2. The molecule has 0 heterocycles. The minimum Gasteiger partial charge on any atom is -0.456 e. The second-order valence-electron chi connectivity index (χ2n) is 9.63. The van der Waals surface area contributed by atoms with Crippen LogP contribution in [-0.4, -0.2) is 58.1 Å². The lowest BCUT2D eigenvalue weighted by Crippen LogP contribution is -2.09. The third-order valence-electron chi connectivity index (χ3n) is 5.86. The topological polar surface area (TPSA) is 136 Å². The number of sulfonamides is 1. The molecule has 1 N–H and O–H groups in total. The summed E-state index contributed by atoms with van der Waals surface area (Å²) in [4.78, 5) is 4.59. The third kappa shape index (κ3) is 16.0. The van der Waals surface area contributed by atoms with E-state index in [1.54, 1.807) is 41.7 Å². The van der Waals surface area contributed by atoms with Crippen molar-refractivity contribution in [3.8, 4) is 23.0 Å². The highest BCUT2D eigenvalue weighted by Crippen LogP contribution is 2.33. The van der Waals surface area contributed by atoms with E-state index in [2.05, 4.69) is 92.2 Å². The van der Waals surface area contributed by atoms with Crippen molar-refractivity contribution >= 4 is 113 Å². The number of rotatable bonds is 9. The van der Waals surface area contributed by atoms with Gasteiger partial charge in [0.1, 0.15) is 23.0 Å². The van der Waals surface area contributed by atoms with E-state index < -0.39 is 33.2 Å². The van der Waals surface area contributed by atoms with E-state index in [1.807, 2.05) is 57.6 Å². The maximum atomic E-state index is 11.2. The molecular formula is C31H34I2N2O8S5. The van der Waals surface area contributed by atoms with Crippen LogP contribution in [0, 0.1) is 21.0 Å². The Morgan fingerprint density at radius 3 is 1.42 bits per heavy atom. The molecule has 260 valence electrons. The Morgan fingerprint density at radius 1 is 0.667 bits per heavy atom. The average molecular weight is 977 g/mol. The molecule has 0 unspecified atom stereocenters. The van der Waals surface area contributed by atoms with Gasteiger partial charge in [-0.1, -0.05) is 0 Å². The van der Waals surface area contributed by atoms with E-state index in [4.69, 9.17) is 26.3 Å². The summed E-state index contributed by atoms with van der Waals surface area (Å²) in [5.41, 5.74) is 4.11. The molecule has 0 radical (unpaired) electrons. The van der Waals surface area contributed by atoms with Gasteiger partial charge in [0.2, 0.25) is 10.0 Å². The van der Waals surface area contributed by atoms with Gasteiger partial charge >= 0.3 is 23.1 Å². The van der Waals surface area contributed by atoms with Gasteiger partial charge < -0.3 is 14.4 Å². The number of thioether (sulfide) groups is 2. The van der Waals surface area contributed by atoms with Gasteiger partial charge in [0.15, 0.2) is 0 Å². The molecule has 0 bridgehead atoms. The second kappa shape index (κ2) is 22.5. The van der Waals surface area contributed by atoms with Gasteiger partial charge in [-0.2, -0.15) is 16.8 Å². The molecule has 0 fully saturated rings. The molecule has 48 heavy (non-hydrogen) atoms. The molecule has 0 spiro atoms. The minimum atomic E-state index is -3.28. The predicted molar refractivity (Wildman–Crippen MR) is 215 cm³/mol. The summed E-state index contributed by atoms with van der Waals surface area (Å²) in [7, 11) is 0.801. The molecule has 0 aliphatic heterocycles. The highest BCUT2D eigenvalue weighted by molar-refractivity contribution is 14.1. The van der Waals surface area contributed by atoms with Crippen LogP contribution in [0.15, 0.2) is 82.6 Å². The first-order valence-corrected chi connectivity index (χ1v) is 21.2. The molecule has 0 aromatic heterocycles. The lowest BCUT2D eigenvalue weighted by Gasteiger charge is -2.15. The van der Waals surface area contributed by atoms with Gasteiger partial charge in [-0.05, 0) is 155 Å². The number of nitrogens with zero attached hydrogens (tertiary/aromatic N) is 1. The van der Waals surface area contributed by atoms with E-state index in [-0.39, 0.29) is 0 Å². The first-order valence-electron chi connectivity index (χ1n) is 13.4. The van der Waals surface area contributed by atoms with Crippen LogP contribution in [0.2, 0.25) is 0 Å². The number of nitrogens with one attached hydrogen (secondary N) is 1. The zero-order valence-electron chi connectivity index (χ0n) is 26.9. The van der Waals surface area contributed by atoms with Crippen molar-refractivity contribution in [1.29, 1.82) is 0 Å². The van der Waals surface area contributed by atoms with Crippen molar-refractivity contribution in [2.24, 2.45) is 0 Å². The van der Waals surface area contributed by atoms with Crippen molar-refractivity contribution in [3.05, 3.63) is 91.1 Å². The van der Waals surface area contributed by atoms with Gasteiger partial charge in [0.05, 0.1) is 13.4 Å². The fourth-order valence-corrected chi connectivity index (χ4v) is 6.75. The average Bonchev–Trinajstić information content (AvgIpc) is 3.00. The number of hydrogen-bond donors (Lipinski definition) is 1. The lowest BCUT2D eigenvalue weighted by atomic mass is 10.2. The van der Waals surface area contributed by atoms with E-state index in [9.17, 15) is 8.42 Å². The van der Waals surface area contributed by atoms with Crippen LogP contribution >= 0.6 is 68.7 Å². The van der Waals surface area contributed by atoms with Crippen molar-refractivity contribution in [2.45, 2.75) is 23.6 Å². The molecule has 0 saturated heterocycles. The highest BCUT2D eigenvalue weighted by Gasteiger charge is 2.09. The van der Waals surface area contributed by atoms with E-state index in [1.165, 1.54) is 21.0 Å². The molecule has 0 aliphatic carbocycles. The van der Waals surface area contributed by atoms with E-state index >= 15 is 0 Å². The fourth-order valence-electron chi connectivity index (χ4n) is 3.79. The second-order valence-corrected chi connectivity index (χ2v) is 15.7. The molecule has 0 atom stereocenters. The molecule has 17 heteroatoms. The van der Waals surface area contributed by atoms with Crippen molar-refractivity contribution in [1.82, 2.24) is 0 Å². The zero-order valence-corrected chi connectivity index (χ0v) is 35.3. The largest absolute Gasteiger partial charge is 0.456 e. The summed E-state index contributed by atoms with van der Waals surface area (Å²) in [5.74, 6) is 3.23. The SMILES string of the molecule is CSc1ccc(Oc2ccc(N(C)C)cc2I)cc1C.CSc1ccc(Oc2ccc(NS(C)(=O)=O)cc2I)cc1C.O=S=O.O=S=O. The van der Waals surface area contributed by atoms with Gasteiger partial charge in [-0.15, -0.1) is 23.5 Å². The molecule has 10 nitrogen and oxygen atoms in total. The monoisotopic (exact) mass is 976 g/mol. The normalized spacial score (nSPS) is 10.0. The predicted octanol–water partition coefficient (Wildman–Crippen LogP) is 8.32. The summed E-state index contributed by atoms with van der Waals surface area (Å²) < 4.78 is 71.9. The molecule has 4 aromatic rings. The Hall–Kier alpha value is -2.17. The summed E-state index contributed by atoms with van der Waals surface area (Å²) in [6, 6.07) is 23.6. The number of benzene rings is 4. The summed E-state index contributed by atoms with van der Waals surface area (Å²) in [6.07, 6.45) is 5.26. The Bertz CT molecular complexity index is 1840. The van der Waals surface area contributed by atoms with Crippen LogP contribution in [0.1, 0.15) is 11.1 Å². The minimum absolute atomic E-state index is 0.521. The molecule has 4 rings (SSSR count).